The van der Waals surface area contributed by atoms with Gasteiger partial charge in [-0.2, -0.15) is 0 Å². The zero-order valence-electron chi connectivity index (χ0n) is 14.9. The minimum atomic E-state index is 0.00952. The second kappa shape index (κ2) is 7.60. The Kier molecular flexibility index (Phi) is 5.27. The number of nitrogens with one attached hydrogen (secondary N) is 1. The second-order valence-electron chi connectivity index (χ2n) is 6.99. The van der Waals surface area contributed by atoms with Crippen molar-refractivity contribution in [1.29, 1.82) is 0 Å². The molecule has 0 radical (unpaired) electrons. The number of hydrogen-bond donors (Lipinski definition) is 2. The third-order valence-electron chi connectivity index (χ3n) is 4.79. The molecule has 0 aromatic heterocycles. The van der Waals surface area contributed by atoms with E-state index in [1.54, 1.807) is 12.1 Å². The highest BCUT2D eigenvalue weighted by atomic mass is 16.3. The van der Waals surface area contributed by atoms with E-state index in [4.69, 9.17) is 0 Å². The van der Waals surface area contributed by atoms with Crippen molar-refractivity contribution in [3.8, 4) is 5.75 Å². The number of hydrogen-bond acceptors (Lipinski definition) is 2. The maximum absolute atomic E-state index is 12.7. The first-order chi connectivity index (χ1) is 12.0. The van der Waals surface area contributed by atoms with Gasteiger partial charge in [0, 0.05) is 12.6 Å². The normalized spacial score (nSPS) is 18.2. The zero-order valence-corrected chi connectivity index (χ0v) is 14.9. The van der Waals surface area contributed by atoms with Gasteiger partial charge < -0.3 is 15.3 Å². The Morgan fingerprint density at radius 3 is 2.76 bits per heavy atom. The van der Waals surface area contributed by atoms with Gasteiger partial charge in [0.05, 0.1) is 6.04 Å². The summed E-state index contributed by atoms with van der Waals surface area (Å²) in [4.78, 5) is 14.7. The molecule has 0 bridgehead atoms. The van der Waals surface area contributed by atoms with Crippen molar-refractivity contribution < 1.29 is 9.90 Å². The molecule has 0 unspecified atom stereocenters. The smallest absolute Gasteiger partial charge is 0.318 e. The number of carbonyl (C=O) groups excluding carboxylic acids is 1. The van der Waals surface area contributed by atoms with E-state index in [1.807, 2.05) is 24.0 Å². The molecule has 1 saturated heterocycles. The molecule has 3 rings (SSSR count). The van der Waals surface area contributed by atoms with Gasteiger partial charge in [-0.3, -0.25) is 0 Å². The molecule has 4 heteroatoms. The van der Waals surface area contributed by atoms with Gasteiger partial charge >= 0.3 is 6.03 Å². The molecule has 1 aliphatic heterocycles. The fourth-order valence-corrected chi connectivity index (χ4v) is 3.56. The van der Waals surface area contributed by atoms with Crippen LogP contribution in [0.1, 0.15) is 42.5 Å². The van der Waals surface area contributed by atoms with E-state index in [-0.39, 0.29) is 23.9 Å². The standard InChI is InChI=1S/C21H26N2O2/c1-15-5-3-6-18(13-15)20-7-4-12-23(20)21(25)22-16(2)14-17-8-10-19(24)11-9-17/h3,5-6,8-11,13,16,20,24H,4,7,12,14H2,1-2H3,(H,22,25)/t16-,20-/m1/s1. The Bertz CT molecular complexity index is 727. The first-order valence-corrected chi connectivity index (χ1v) is 8.94. The van der Waals surface area contributed by atoms with Crippen LogP contribution in [-0.2, 0) is 6.42 Å². The summed E-state index contributed by atoms with van der Waals surface area (Å²) in [5.41, 5.74) is 3.55. The van der Waals surface area contributed by atoms with Crippen molar-refractivity contribution in [3.05, 3.63) is 65.2 Å². The van der Waals surface area contributed by atoms with Crippen LogP contribution in [0.5, 0.6) is 5.75 Å². The van der Waals surface area contributed by atoms with Crippen LogP contribution < -0.4 is 5.32 Å². The predicted octanol–water partition coefficient (Wildman–Crippen LogP) is 4.18. The number of aryl methyl sites for hydroxylation is 1. The summed E-state index contributed by atoms with van der Waals surface area (Å²) in [5.74, 6) is 0.263. The highest BCUT2D eigenvalue weighted by Gasteiger charge is 2.30. The summed E-state index contributed by atoms with van der Waals surface area (Å²) in [6, 6.07) is 15.8. The molecule has 132 valence electrons. The molecule has 2 aromatic carbocycles. The number of benzene rings is 2. The summed E-state index contributed by atoms with van der Waals surface area (Å²) >= 11 is 0. The summed E-state index contributed by atoms with van der Waals surface area (Å²) in [6.45, 7) is 4.90. The maximum Gasteiger partial charge on any atom is 0.318 e. The first kappa shape index (κ1) is 17.3. The highest BCUT2D eigenvalue weighted by Crippen LogP contribution is 2.32. The Balaban J connectivity index is 1.62. The van der Waals surface area contributed by atoms with Crippen LogP contribution in [0, 0.1) is 6.92 Å². The van der Waals surface area contributed by atoms with Crippen LogP contribution in [0.15, 0.2) is 48.5 Å². The monoisotopic (exact) mass is 338 g/mol. The molecule has 1 aliphatic rings. The summed E-state index contributed by atoms with van der Waals surface area (Å²) in [6.07, 6.45) is 2.80. The van der Waals surface area contributed by atoms with E-state index in [0.717, 1.165) is 31.4 Å². The fourth-order valence-electron chi connectivity index (χ4n) is 3.56. The number of aromatic hydroxyl groups is 1. The highest BCUT2D eigenvalue weighted by molar-refractivity contribution is 5.75. The third kappa shape index (κ3) is 4.32. The molecule has 2 N–H and O–H groups in total. The average Bonchev–Trinajstić information content (AvgIpc) is 3.07. The molecule has 2 atom stereocenters. The molecule has 1 fully saturated rings. The Labute approximate surface area is 149 Å². The van der Waals surface area contributed by atoms with E-state index in [2.05, 4.69) is 36.5 Å². The third-order valence-corrected chi connectivity index (χ3v) is 4.79. The van der Waals surface area contributed by atoms with Gasteiger partial charge in [-0.25, -0.2) is 4.79 Å². The number of likely N-dealkylation sites (tertiary alicyclic amines) is 1. The molecule has 2 aromatic rings. The van der Waals surface area contributed by atoms with Crippen LogP contribution in [0.2, 0.25) is 0 Å². The number of phenols is 1. The van der Waals surface area contributed by atoms with Crippen molar-refractivity contribution >= 4 is 6.03 Å². The number of carbonyl (C=O) groups is 1. The van der Waals surface area contributed by atoms with Crippen LogP contribution in [0.4, 0.5) is 4.79 Å². The van der Waals surface area contributed by atoms with Crippen molar-refractivity contribution in [1.82, 2.24) is 10.2 Å². The van der Waals surface area contributed by atoms with Crippen molar-refractivity contribution in [2.75, 3.05) is 6.54 Å². The largest absolute Gasteiger partial charge is 0.508 e. The Hall–Kier alpha value is -2.49. The lowest BCUT2D eigenvalue weighted by Crippen LogP contribution is -2.44. The number of nitrogens with zero attached hydrogens (tertiary/aromatic N) is 1. The van der Waals surface area contributed by atoms with Gasteiger partial charge in [-0.15, -0.1) is 0 Å². The number of phenolic OH excluding ortho intramolecular Hbond substituents is 1. The minimum absolute atomic E-state index is 0.00952. The second-order valence-corrected chi connectivity index (χ2v) is 6.99. The molecule has 0 spiro atoms. The number of urea groups is 1. The van der Waals surface area contributed by atoms with E-state index < -0.39 is 0 Å². The van der Waals surface area contributed by atoms with E-state index in [9.17, 15) is 9.90 Å². The Morgan fingerprint density at radius 1 is 1.28 bits per heavy atom. The number of rotatable bonds is 4. The van der Waals surface area contributed by atoms with Gasteiger partial charge in [0.2, 0.25) is 0 Å². The van der Waals surface area contributed by atoms with Crippen molar-refractivity contribution in [2.45, 2.75) is 45.2 Å². The maximum atomic E-state index is 12.7. The Morgan fingerprint density at radius 2 is 2.04 bits per heavy atom. The summed E-state index contributed by atoms with van der Waals surface area (Å²) in [5, 5.41) is 12.5. The van der Waals surface area contributed by atoms with Crippen LogP contribution in [-0.4, -0.2) is 28.6 Å². The predicted molar refractivity (Wildman–Crippen MR) is 99.7 cm³/mol. The molecule has 4 nitrogen and oxygen atoms in total. The molecular formula is C21H26N2O2. The SMILES string of the molecule is Cc1cccc([C@H]2CCCN2C(=O)N[C@H](C)Cc2ccc(O)cc2)c1. The first-order valence-electron chi connectivity index (χ1n) is 8.94. The molecular weight excluding hydrogens is 312 g/mol. The van der Waals surface area contributed by atoms with Gasteiger partial charge in [0.1, 0.15) is 5.75 Å². The van der Waals surface area contributed by atoms with Crippen LogP contribution in [0.3, 0.4) is 0 Å². The van der Waals surface area contributed by atoms with Gasteiger partial charge in [-0.05, 0) is 56.4 Å². The fraction of sp³-hybridized carbons (Fsp3) is 0.381. The van der Waals surface area contributed by atoms with Gasteiger partial charge in [0.25, 0.3) is 0 Å². The topological polar surface area (TPSA) is 52.6 Å². The van der Waals surface area contributed by atoms with Crippen LogP contribution in [0.25, 0.3) is 0 Å². The molecule has 1 heterocycles. The van der Waals surface area contributed by atoms with Gasteiger partial charge in [-0.1, -0.05) is 42.0 Å². The molecule has 25 heavy (non-hydrogen) atoms. The minimum Gasteiger partial charge on any atom is -0.508 e. The van der Waals surface area contributed by atoms with Crippen molar-refractivity contribution in [2.24, 2.45) is 0 Å². The number of amides is 2. The molecule has 0 saturated carbocycles. The van der Waals surface area contributed by atoms with E-state index >= 15 is 0 Å². The lowest BCUT2D eigenvalue weighted by Gasteiger charge is -2.27. The van der Waals surface area contributed by atoms with Crippen LogP contribution >= 0.6 is 0 Å². The lowest BCUT2D eigenvalue weighted by atomic mass is 10.0. The van der Waals surface area contributed by atoms with E-state index in [0.29, 0.717) is 0 Å². The summed E-state index contributed by atoms with van der Waals surface area (Å²) in [7, 11) is 0. The molecule has 2 amide bonds. The lowest BCUT2D eigenvalue weighted by molar-refractivity contribution is 0.189. The van der Waals surface area contributed by atoms with Gasteiger partial charge in [0.15, 0.2) is 0 Å². The van der Waals surface area contributed by atoms with E-state index in [1.165, 1.54) is 11.1 Å². The summed E-state index contributed by atoms with van der Waals surface area (Å²) < 4.78 is 0. The average molecular weight is 338 g/mol. The quantitative estimate of drug-likeness (QED) is 0.879. The zero-order chi connectivity index (χ0) is 17.8. The van der Waals surface area contributed by atoms with Crippen molar-refractivity contribution in [3.63, 3.8) is 0 Å². The molecule has 0 aliphatic carbocycles.